The van der Waals surface area contributed by atoms with Gasteiger partial charge in [0.2, 0.25) is 5.88 Å². The monoisotopic (exact) mass is 260 g/mol. The lowest BCUT2D eigenvalue weighted by Crippen LogP contribution is -2.06. The molecule has 0 bridgehead atoms. The van der Waals surface area contributed by atoms with Gasteiger partial charge in [0.1, 0.15) is 0 Å². The van der Waals surface area contributed by atoms with Crippen molar-refractivity contribution in [2.75, 3.05) is 12.4 Å². The summed E-state index contributed by atoms with van der Waals surface area (Å²) in [6, 6.07) is 4.35. The zero-order chi connectivity index (χ0) is 13.8. The van der Waals surface area contributed by atoms with E-state index in [1.807, 2.05) is 23.0 Å². The predicted octanol–water partition coefficient (Wildman–Crippen LogP) is 3.04. The van der Waals surface area contributed by atoms with E-state index in [0.29, 0.717) is 11.9 Å². The van der Waals surface area contributed by atoms with Gasteiger partial charge < -0.3 is 10.1 Å². The molecule has 0 aliphatic carbocycles. The van der Waals surface area contributed by atoms with Crippen molar-refractivity contribution >= 4 is 5.69 Å². The first kappa shape index (κ1) is 13.4. The van der Waals surface area contributed by atoms with Crippen LogP contribution < -0.4 is 10.1 Å². The van der Waals surface area contributed by atoms with Crippen LogP contribution in [0.5, 0.6) is 5.88 Å². The highest BCUT2D eigenvalue weighted by molar-refractivity contribution is 5.44. The molecule has 0 aliphatic rings. The number of hydrogen-bond acceptors (Lipinski definition) is 4. The summed E-state index contributed by atoms with van der Waals surface area (Å²) in [5.41, 5.74) is 2.12. The fourth-order valence-corrected chi connectivity index (χ4v) is 1.78. The van der Waals surface area contributed by atoms with Gasteiger partial charge in [0.05, 0.1) is 31.2 Å². The first-order valence-electron chi connectivity index (χ1n) is 6.40. The molecule has 0 aromatic carbocycles. The minimum Gasteiger partial charge on any atom is -0.481 e. The van der Waals surface area contributed by atoms with E-state index in [-0.39, 0.29) is 6.04 Å². The van der Waals surface area contributed by atoms with Crippen LogP contribution in [0.1, 0.15) is 38.4 Å². The summed E-state index contributed by atoms with van der Waals surface area (Å²) < 4.78 is 6.99. The second-order valence-corrected chi connectivity index (χ2v) is 4.80. The highest BCUT2D eigenvalue weighted by Gasteiger charge is 2.09. The van der Waals surface area contributed by atoms with Crippen LogP contribution in [0, 0.1) is 0 Å². The number of ether oxygens (including phenoxy) is 1. The molecule has 102 valence electrons. The van der Waals surface area contributed by atoms with Crippen LogP contribution in [0.15, 0.2) is 30.7 Å². The van der Waals surface area contributed by atoms with Crippen LogP contribution >= 0.6 is 0 Å². The zero-order valence-corrected chi connectivity index (χ0v) is 11.8. The van der Waals surface area contributed by atoms with Gasteiger partial charge in [-0.05, 0) is 26.8 Å². The third-order valence-electron chi connectivity index (χ3n) is 2.98. The average Bonchev–Trinajstić information content (AvgIpc) is 2.89. The van der Waals surface area contributed by atoms with Crippen molar-refractivity contribution in [3.05, 3.63) is 36.3 Å². The number of hydrogen-bond donors (Lipinski definition) is 1. The van der Waals surface area contributed by atoms with E-state index >= 15 is 0 Å². The van der Waals surface area contributed by atoms with Gasteiger partial charge in [-0.25, -0.2) is 4.98 Å². The SMILES string of the molecule is COc1ccc(NC(C)c2cnn(C(C)C)c2)cn1. The molecule has 2 aromatic rings. The van der Waals surface area contributed by atoms with E-state index in [1.165, 1.54) is 0 Å². The van der Waals surface area contributed by atoms with Crippen LogP contribution in [0.4, 0.5) is 5.69 Å². The van der Waals surface area contributed by atoms with Crippen molar-refractivity contribution in [1.82, 2.24) is 14.8 Å². The molecule has 2 heterocycles. The van der Waals surface area contributed by atoms with Crippen molar-refractivity contribution in [2.24, 2.45) is 0 Å². The van der Waals surface area contributed by atoms with Gasteiger partial charge in [-0.15, -0.1) is 0 Å². The predicted molar refractivity (Wildman–Crippen MR) is 75.4 cm³/mol. The molecule has 0 saturated heterocycles. The third-order valence-corrected chi connectivity index (χ3v) is 2.98. The number of rotatable bonds is 5. The van der Waals surface area contributed by atoms with E-state index in [0.717, 1.165) is 11.3 Å². The second kappa shape index (κ2) is 5.73. The number of nitrogens with one attached hydrogen (secondary N) is 1. The molecule has 2 rings (SSSR count). The minimum atomic E-state index is 0.183. The van der Waals surface area contributed by atoms with Crippen LogP contribution in [0.2, 0.25) is 0 Å². The van der Waals surface area contributed by atoms with Crippen molar-refractivity contribution < 1.29 is 4.74 Å². The molecule has 0 saturated carbocycles. The molecule has 0 aliphatic heterocycles. The molecule has 19 heavy (non-hydrogen) atoms. The maximum absolute atomic E-state index is 5.04. The lowest BCUT2D eigenvalue weighted by molar-refractivity contribution is 0.398. The Morgan fingerprint density at radius 1 is 1.21 bits per heavy atom. The average molecular weight is 260 g/mol. The van der Waals surface area contributed by atoms with Crippen LogP contribution in [0.3, 0.4) is 0 Å². The fraction of sp³-hybridized carbons (Fsp3) is 0.429. The number of methoxy groups -OCH3 is 1. The Bertz CT molecular complexity index is 518. The molecule has 1 atom stereocenters. The van der Waals surface area contributed by atoms with Gasteiger partial charge in [0.25, 0.3) is 0 Å². The third kappa shape index (κ3) is 3.24. The van der Waals surface area contributed by atoms with E-state index < -0.39 is 0 Å². The number of pyridine rings is 1. The van der Waals surface area contributed by atoms with Gasteiger partial charge in [0, 0.05) is 23.9 Å². The lowest BCUT2D eigenvalue weighted by atomic mass is 10.2. The van der Waals surface area contributed by atoms with Crippen molar-refractivity contribution in [2.45, 2.75) is 32.9 Å². The maximum Gasteiger partial charge on any atom is 0.213 e. The van der Waals surface area contributed by atoms with Crippen LogP contribution in [-0.2, 0) is 0 Å². The summed E-state index contributed by atoms with van der Waals surface area (Å²) in [5, 5.41) is 7.74. The molecule has 1 unspecified atom stereocenters. The zero-order valence-electron chi connectivity index (χ0n) is 11.8. The van der Waals surface area contributed by atoms with Gasteiger partial charge >= 0.3 is 0 Å². The Morgan fingerprint density at radius 2 is 2.00 bits per heavy atom. The van der Waals surface area contributed by atoms with Crippen molar-refractivity contribution in [1.29, 1.82) is 0 Å². The summed E-state index contributed by atoms with van der Waals surface area (Å²) in [6.45, 7) is 6.33. The highest BCUT2D eigenvalue weighted by atomic mass is 16.5. The van der Waals surface area contributed by atoms with E-state index in [9.17, 15) is 0 Å². The van der Waals surface area contributed by atoms with Crippen molar-refractivity contribution in [3.8, 4) is 5.88 Å². The molecule has 1 N–H and O–H groups in total. The van der Waals surface area contributed by atoms with Crippen LogP contribution in [-0.4, -0.2) is 21.9 Å². The fourth-order valence-electron chi connectivity index (χ4n) is 1.78. The number of nitrogens with zero attached hydrogens (tertiary/aromatic N) is 3. The Labute approximate surface area is 113 Å². The lowest BCUT2D eigenvalue weighted by Gasteiger charge is -2.13. The van der Waals surface area contributed by atoms with Gasteiger partial charge in [-0.1, -0.05) is 0 Å². The molecule has 2 aromatic heterocycles. The normalized spacial score (nSPS) is 12.5. The number of anilines is 1. The summed E-state index contributed by atoms with van der Waals surface area (Å²) in [7, 11) is 1.61. The molecule has 5 nitrogen and oxygen atoms in total. The molecule has 5 heteroatoms. The van der Waals surface area contributed by atoms with Gasteiger partial charge in [0.15, 0.2) is 0 Å². The Hall–Kier alpha value is -2.04. The summed E-state index contributed by atoms with van der Waals surface area (Å²) in [4.78, 5) is 4.17. The summed E-state index contributed by atoms with van der Waals surface area (Å²) in [5.74, 6) is 0.617. The first-order chi connectivity index (χ1) is 9.10. The first-order valence-corrected chi connectivity index (χ1v) is 6.40. The Morgan fingerprint density at radius 3 is 2.53 bits per heavy atom. The quantitative estimate of drug-likeness (QED) is 0.897. The van der Waals surface area contributed by atoms with Gasteiger partial charge in [-0.3, -0.25) is 4.68 Å². The maximum atomic E-state index is 5.04. The summed E-state index contributed by atoms with van der Waals surface area (Å²) in [6.07, 6.45) is 5.73. The topological polar surface area (TPSA) is 52.0 Å². The highest BCUT2D eigenvalue weighted by Crippen LogP contribution is 2.20. The van der Waals surface area contributed by atoms with Crippen LogP contribution in [0.25, 0.3) is 0 Å². The standard InChI is InChI=1S/C14H20N4O/c1-10(2)18-9-12(7-16-18)11(3)17-13-5-6-14(19-4)15-8-13/h5-11,17H,1-4H3. The molecular formula is C14H20N4O. The Kier molecular flexibility index (Phi) is 4.04. The summed E-state index contributed by atoms with van der Waals surface area (Å²) >= 11 is 0. The van der Waals surface area contributed by atoms with E-state index in [1.54, 1.807) is 13.3 Å². The second-order valence-electron chi connectivity index (χ2n) is 4.80. The van der Waals surface area contributed by atoms with Crippen molar-refractivity contribution in [3.63, 3.8) is 0 Å². The smallest absolute Gasteiger partial charge is 0.213 e. The van der Waals surface area contributed by atoms with Gasteiger partial charge in [-0.2, -0.15) is 5.10 Å². The molecule has 0 radical (unpaired) electrons. The Balaban J connectivity index is 2.04. The molecule has 0 fully saturated rings. The minimum absolute atomic E-state index is 0.183. The molecular weight excluding hydrogens is 240 g/mol. The van der Waals surface area contributed by atoms with E-state index in [2.05, 4.69) is 42.4 Å². The molecule has 0 amide bonds. The largest absolute Gasteiger partial charge is 0.481 e. The van der Waals surface area contributed by atoms with E-state index in [4.69, 9.17) is 4.74 Å². The molecule has 0 spiro atoms. The number of aromatic nitrogens is 3.